The van der Waals surface area contributed by atoms with Crippen LogP contribution in [0.25, 0.3) is 0 Å². The lowest BCUT2D eigenvalue weighted by atomic mass is 10.2. The monoisotopic (exact) mass is 420 g/mol. The lowest BCUT2D eigenvalue weighted by Crippen LogP contribution is -2.42. The summed E-state index contributed by atoms with van der Waals surface area (Å²) in [5.41, 5.74) is 0. The maximum absolute atomic E-state index is 12.2. The molecule has 0 unspecified atom stereocenters. The van der Waals surface area contributed by atoms with Gasteiger partial charge in [0.2, 0.25) is 11.7 Å². The lowest BCUT2D eigenvalue weighted by molar-refractivity contribution is -0.284. The van der Waals surface area contributed by atoms with Gasteiger partial charge in [-0.3, -0.25) is 0 Å². The molecule has 0 aliphatic rings. The molecule has 0 aromatic rings. The Hall–Kier alpha value is -1.50. The second-order valence-corrected chi connectivity index (χ2v) is 4.29. The van der Waals surface area contributed by atoms with E-state index in [0.717, 1.165) is 0 Å². The van der Waals surface area contributed by atoms with E-state index in [1.807, 2.05) is 0 Å². The zero-order valence-corrected chi connectivity index (χ0v) is 12.7. The highest BCUT2D eigenvalue weighted by atomic mass is 19.4. The smallest absolute Gasteiger partial charge is 0.209 e. The van der Waals surface area contributed by atoms with Crippen molar-refractivity contribution >= 4 is 0 Å². The molecule has 0 N–H and O–H groups in total. The summed E-state index contributed by atoms with van der Waals surface area (Å²) in [6.45, 7) is 3.18. The summed E-state index contributed by atoms with van der Waals surface area (Å²) >= 11 is 0. The van der Waals surface area contributed by atoms with Gasteiger partial charge in [0.05, 0.1) is 0 Å². The Morgan fingerprint density at radius 3 is 0.808 bits per heavy atom. The first-order chi connectivity index (χ1) is 11.3. The van der Waals surface area contributed by atoms with E-state index in [-0.39, 0.29) is 12.8 Å². The SMILES string of the molecule is CCC(F)=C(F)CC.FC(=C(F)C(F)(F)C(F)(F)F)C(F)(F)C(F)(F)F. The minimum Gasteiger partial charge on any atom is -0.209 e. The molecule has 0 heterocycles. The molecule has 0 amide bonds. The average molecular weight is 420 g/mol. The maximum Gasteiger partial charge on any atom is 0.460 e. The number of rotatable bonds is 4. The van der Waals surface area contributed by atoms with E-state index in [0.29, 0.717) is 0 Å². The molecule has 0 radical (unpaired) electrons. The van der Waals surface area contributed by atoms with Crippen LogP contribution in [0, 0.1) is 0 Å². The second-order valence-electron chi connectivity index (χ2n) is 4.29. The van der Waals surface area contributed by atoms with E-state index < -0.39 is 47.5 Å². The number of allylic oxidation sites excluding steroid dienone is 4. The molecular weight excluding hydrogens is 410 g/mol. The van der Waals surface area contributed by atoms with Crippen LogP contribution in [0.2, 0.25) is 0 Å². The van der Waals surface area contributed by atoms with Crippen LogP contribution in [0.3, 0.4) is 0 Å². The van der Waals surface area contributed by atoms with E-state index in [1.54, 1.807) is 13.8 Å². The van der Waals surface area contributed by atoms with Gasteiger partial charge in [0.1, 0.15) is 11.7 Å². The largest absolute Gasteiger partial charge is 0.460 e. The van der Waals surface area contributed by atoms with Crippen molar-refractivity contribution in [1.82, 2.24) is 0 Å². The molecule has 0 atom stereocenters. The van der Waals surface area contributed by atoms with Crippen LogP contribution in [0.15, 0.2) is 23.3 Å². The molecular formula is C12H10F14. The molecule has 0 saturated carbocycles. The van der Waals surface area contributed by atoms with Gasteiger partial charge in [-0.15, -0.1) is 0 Å². The number of hydrogen-bond donors (Lipinski definition) is 0. The standard InChI is InChI=1S/C6F12.C6H10F2/c7-1(3(9,10)5(13,14)15)2(8)4(11,12)6(16,17)18;1-3-5(7)6(8)4-2/h;3-4H2,1-2H3. The third-order valence-electron chi connectivity index (χ3n) is 2.37. The maximum atomic E-state index is 12.2. The van der Waals surface area contributed by atoms with Crippen molar-refractivity contribution in [2.75, 3.05) is 0 Å². The Morgan fingerprint density at radius 1 is 0.500 bits per heavy atom. The molecule has 0 aliphatic heterocycles. The van der Waals surface area contributed by atoms with Gasteiger partial charge in [-0.25, -0.2) is 17.6 Å². The third kappa shape index (κ3) is 6.34. The minimum absolute atomic E-state index is 0.166. The van der Waals surface area contributed by atoms with Crippen LogP contribution >= 0.6 is 0 Å². The van der Waals surface area contributed by atoms with Gasteiger partial charge in [0, 0.05) is 0 Å². The Kier molecular flexibility index (Phi) is 9.18. The van der Waals surface area contributed by atoms with Gasteiger partial charge in [0.25, 0.3) is 0 Å². The highest BCUT2D eigenvalue weighted by Gasteiger charge is 2.68. The molecule has 14 heteroatoms. The number of hydrogen-bond acceptors (Lipinski definition) is 0. The molecule has 156 valence electrons. The van der Waals surface area contributed by atoms with Gasteiger partial charge in [-0.1, -0.05) is 13.8 Å². The molecule has 0 rings (SSSR count). The first-order valence-corrected chi connectivity index (χ1v) is 6.27. The molecule has 26 heavy (non-hydrogen) atoms. The summed E-state index contributed by atoms with van der Waals surface area (Å²) in [5.74, 6) is -23.9. The zero-order valence-electron chi connectivity index (χ0n) is 12.7. The fraction of sp³-hybridized carbons (Fsp3) is 0.667. The summed E-state index contributed by atoms with van der Waals surface area (Å²) in [7, 11) is 0. The normalized spacial score (nSPS) is 15.7. The summed E-state index contributed by atoms with van der Waals surface area (Å²) in [6, 6.07) is 0. The van der Waals surface area contributed by atoms with Crippen LogP contribution in [0.1, 0.15) is 26.7 Å². The molecule has 0 aromatic heterocycles. The Bertz CT molecular complexity index is 473. The lowest BCUT2D eigenvalue weighted by Gasteiger charge is -2.22. The van der Waals surface area contributed by atoms with Crippen molar-refractivity contribution < 1.29 is 61.5 Å². The van der Waals surface area contributed by atoms with Crippen molar-refractivity contribution in [3.05, 3.63) is 23.3 Å². The predicted octanol–water partition coefficient (Wildman–Crippen LogP) is 7.49. The molecule has 0 spiro atoms. The van der Waals surface area contributed by atoms with Crippen molar-refractivity contribution in [2.24, 2.45) is 0 Å². The second kappa shape index (κ2) is 8.93. The van der Waals surface area contributed by atoms with E-state index >= 15 is 0 Å². The first-order valence-electron chi connectivity index (χ1n) is 6.27. The topological polar surface area (TPSA) is 0 Å². The quantitative estimate of drug-likeness (QED) is 0.414. The summed E-state index contributed by atoms with van der Waals surface area (Å²) in [4.78, 5) is 0. The van der Waals surface area contributed by atoms with Crippen molar-refractivity contribution in [1.29, 1.82) is 0 Å². The third-order valence-corrected chi connectivity index (χ3v) is 2.37. The van der Waals surface area contributed by atoms with Gasteiger partial charge in [0.15, 0.2) is 0 Å². The van der Waals surface area contributed by atoms with Crippen LogP contribution in [-0.4, -0.2) is 24.2 Å². The van der Waals surface area contributed by atoms with Crippen molar-refractivity contribution in [3.8, 4) is 0 Å². The van der Waals surface area contributed by atoms with E-state index in [4.69, 9.17) is 0 Å². The minimum atomic E-state index is -6.86. The Balaban J connectivity index is 0. The summed E-state index contributed by atoms with van der Waals surface area (Å²) in [5, 5.41) is 0. The van der Waals surface area contributed by atoms with Crippen LogP contribution in [0.4, 0.5) is 61.5 Å². The van der Waals surface area contributed by atoms with Gasteiger partial charge in [-0.05, 0) is 12.8 Å². The van der Waals surface area contributed by atoms with Gasteiger partial charge >= 0.3 is 24.2 Å². The number of halogens is 14. The molecule has 0 nitrogen and oxygen atoms in total. The summed E-state index contributed by atoms with van der Waals surface area (Å²) < 4.78 is 165. The van der Waals surface area contributed by atoms with E-state index in [2.05, 4.69) is 0 Å². The van der Waals surface area contributed by atoms with Gasteiger partial charge in [-0.2, -0.15) is 43.9 Å². The number of alkyl halides is 10. The van der Waals surface area contributed by atoms with E-state index in [9.17, 15) is 61.5 Å². The fourth-order valence-electron chi connectivity index (χ4n) is 0.908. The van der Waals surface area contributed by atoms with Crippen molar-refractivity contribution in [3.63, 3.8) is 0 Å². The highest BCUT2D eigenvalue weighted by Crippen LogP contribution is 2.49. The molecule has 0 aromatic carbocycles. The first kappa shape index (κ1) is 26.7. The highest BCUT2D eigenvalue weighted by molar-refractivity contribution is 5.19. The fourth-order valence-corrected chi connectivity index (χ4v) is 0.908. The van der Waals surface area contributed by atoms with Crippen LogP contribution in [0.5, 0.6) is 0 Å². The average Bonchev–Trinajstić information content (AvgIpc) is 2.49. The molecule has 0 aliphatic carbocycles. The van der Waals surface area contributed by atoms with Crippen LogP contribution < -0.4 is 0 Å². The van der Waals surface area contributed by atoms with Gasteiger partial charge < -0.3 is 0 Å². The molecule has 0 fully saturated rings. The Morgan fingerprint density at radius 2 is 0.692 bits per heavy atom. The molecule has 0 saturated heterocycles. The van der Waals surface area contributed by atoms with Crippen LogP contribution in [-0.2, 0) is 0 Å². The molecule has 0 bridgehead atoms. The zero-order chi connectivity index (χ0) is 21.7. The Labute approximate surface area is 137 Å². The summed E-state index contributed by atoms with van der Waals surface area (Å²) in [6.07, 6.45) is -13.4. The van der Waals surface area contributed by atoms with E-state index in [1.165, 1.54) is 0 Å². The predicted molar refractivity (Wildman–Crippen MR) is 61.1 cm³/mol. The van der Waals surface area contributed by atoms with Crippen molar-refractivity contribution in [2.45, 2.75) is 50.9 Å².